The van der Waals surface area contributed by atoms with Gasteiger partial charge in [-0.05, 0) is 24.8 Å². The van der Waals surface area contributed by atoms with E-state index in [0.717, 1.165) is 5.57 Å². The topological polar surface area (TPSA) is 109 Å². The number of aliphatic hydroxyl groups excluding tert-OH is 3. The van der Waals surface area contributed by atoms with Crippen LogP contribution in [0.5, 0.6) is 0 Å². The molecule has 4 rings (SSSR count). The van der Waals surface area contributed by atoms with E-state index in [1.165, 1.54) is 0 Å². The largest absolute Gasteiger partial charge is 0.458 e. The maximum absolute atomic E-state index is 12.3. The van der Waals surface area contributed by atoms with Gasteiger partial charge in [-0.25, -0.2) is 0 Å². The summed E-state index contributed by atoms with van der Waals surface area (Å²) in [5.41, 5.74) is -1.78. The smallest absolute Gasteiger partial charge is 0.306 e. The molecule has 1 unspecified atom stereocenters. The van der Waals surface area contributed by atoms with Gasteiger partial charge >= 0.3 is 5.97 Å². The van der Waals surface area contributed by atoms with Gasteiger partial charge < -0.3 is 29.5 Å². The van der Waals surface area contributed by atoms with E-state index < -0.39 is 47.0 Å². The van der Waals surface area contributed by atoms with Crippen molar-refractivity contribution < 1.29 is 34.3 Å². The molecule has 2 aliphatic carbocycles. The molecule has 7 heteroatoms. The Morgan fingerprint density at radius 2 is 2.07 bits per heavy atom. The summed E-state index contributed by atoms with van der Waals surface area (Å²) >= 11 is 0. The summed E-state index contributed by atoms with van der Waals surface area (Å²) in [5, 5.41) is 32.1. The van der Waals surface area contributed by atoms with E-state index in [1.807, 2.05) is 33.8 Å². The molecule has 2 heterocycles. The molecule has 2 saturated heterocycles. The van der Waals surface area contributed by atoms with Crippen LogP contribution in [0.2, 0.25) is 0 Å². The zero-order chi connectivity index (χ0) is 19.8. The normalized spacial score (nSPS) is 50.5. The number of hydrogen-bond acceptors (Lipinski definition) is 7. The molecule has 2 aliphatic heterocycles. The van der Waals surface area contributed by atoms with Gasteiger partial charge in [0, 0.05) is 17.3 Å². The molecule has 1 saturated carbocycles. The lowest BCUT2D eigenvalue weighted by molar-refractivity contribution is -0.235. The lowest BCUT2D eigenvalue weighted by Gasteiger charge is -2.58. The van der Waals surface area contributed by atoms with Gasteiger partial charge in [0.2, 0.25) is 0 Å². The average Bonchev–Trinajstić information content (AvgIpc) is 3.38. The Balaban J connectivity index is 1.71. The number of ether oxygens (including phenoxy) is 3. The molecule has 4 aliphatic rings. The van der Waals surface area contributed by atoms with Crippen molar-refractivity contribution in [3.63, 3.8) is 0 Å². The molecule has 27 heavy (non-hydrogen) atoms. The van der Waals surface area contributed by atoms with Gasteiger partial charge in [0.05, 0.1) is 25.4 Å². The number of carbonyl (C=O) groups is 1. The van der Waals surface area contributed by atoms with Gasteiger partial charge in [-0.3, -0.25) is 4.79 Å². The first-order chi connectivity index (χ1) is 12.6. The molecule has 2 bridgehead atoms. The fourth-order valence-electron chi connectivity index (χ4n) is 5.72. The first-order valence-corrected chi connectivity index (χ1v) is 9.77. The fraction of sp³-hybridized carbons (Fsp3) is 0.850. The molecule has 0 radical (unpaired) electrons. The van der Waals surface area contributed by atoms with E-state index in [0.29, 0.717) is 19.4 Å². The summed E-state index contributed by atoms with van der Waals surface area (Å²) in [4.78, 5) is 12.3. The van der Waals surface area contributed by atoms with Crippen molar-refractivity contribution in [2.24, 2.45) is 16.7 Å². The van der Waals surface area contributed by atoms with Crippen molar-refractivity contribution in [3.8, 4) is 0 Å². The van der Waals surface area contributed by atoms with Crippen LogP contribution < -0.4 is 0 Å². The van der Waals surface area contributed by atoms with E-state index in [1.54, 1.807) is 0 Å². The summed E-state index contributed by atoms with van der Waals surface area (Å²) in [6.45, 7) is 7.76. The average molecular weight is 382 g/mol. The highest BCUT2D eigenvalue weighted by Gasteiger charge is 2.84. The quantitative estimate of drug-likeness (QED) is 0.370. The first-order valence-electron chi connectivity index (χ1n) is 9.77. The van der Waals surface area contributed by atoms with E-state index in [2.05, 4.69) is 0 Å². The molecule has 7 nitrogen and oxygen atoms in total. The molecule has 0 aromatic rings. The third kappa shape index (κ3) is 2.29. The van der Waals surface area contributed by atoms with Crippen LogP contribution in [0.25, 0.3) is 0 Å². The van der Waals surface area contributed by atoms with Gasteiger partial charge in [-0.15, -0.1) is 0 Å². The van der Waals surface area contributed by atoms with E-state index >= 15 is 0 Å². The highest BCUT2D eigenvalue weighted by atomic mass is 16.6. The van der Waals surface area contributed by atoms with Crippen molar-refractivity contribution in [3.05, 3.63) is 11.6 Å². The number of aliphatic hydroxyl groups is 3. The second-order valence-corrected chi connectivity index (χ2v) is 9.30. The van der Waals surface area contributed by atoms with Crippen LogP contribution in [0.1, 0.15) is 40.5 Å². The zero-order valence-electron chi connectivity index (χ0n) is 16.3. The molecule has 0 aromatic carbocycles. The van der Waals surface area contributed by atoms with Crippen molar-refractivity contribution in [1.29, 1.82) is 0 Å². The summed E-state index contributed by atoms with van der Waals surface area (Å²) < 4.78 is 17.7. The Hall–Kier alpha value is -0.990. The SMILES string of the molecule is CC1=C[C@@H]2O[C@H]3[C@@H](O)[C@H](O)[C@](C)(C34CO4)[C@]2(CO)C[C@@H]1OC(=O)CC(C)C. The Bertz CT molecular complexity index is 669. The highest BCUT2D eigenvalue weighted by Crippen LogP contribution is 2.71. The van der Waals surface area contributed by atoms with Crippen LogP contribution in [0.4, 0.5) is 0 Å². The number of fused-ring (bicyclic) bond motifs is 2. The number of epoxide rings is 1. The van der Waals surface area contributed by atoms with Crippen LogP contribution in [0.15, 0.2) is 11.6 Å². The first kappa shape index (κ1) is 19.3. The molecule has 0 aromatic heterocycles. The van der Waals surface area contributed by atoms with Crippen molar-refractivity contribution in [1.82, 2.24) is 0 Å². The number of rotatable bonds is 4. The van der Waals surface area contributed by atoms with Crippen LogP contribution >= 0.6 is 0 Å². The van der Waals surface area contributed by atoms with E-state index in [4.69, 9.17) is 14.2 Å². The van der Waals surface area contributed by atoms with Gasteiger partial charge in [0.25, 0.3) is 0 Å². The maximum atomic E-state index is 12.3. The van der Waals surface area contributed by atoms with Crippen molar-refractivity contribution in [2.75, 3.05) is 13.2 Å². The summed E-state index contributed by atoms with van der Waals surface area (Å²) in [6.07, 6.45) is -1.29. The minimum atomic E-state index is -1.10. The van der Waals surface area contributed by atoms with Crippen LogP contribution in [-0.2, 0) is 19.0 Å². The predicted molar refractivity (Wildman–Crippen MR) is 94.7 cm³/mol. The molecule has 3 fully saturated rings. The molecule has 8 atom stereocenters. The van der Waals surface area contributed by atoms with Crippen LogP contribution in [0, 0.1) is 16.7 Å². The molecule has 152 valence electrons. The lowest BCUT2D eigenvalue weighted by Crippen LogP contribution is -2.67. The molecular weight excluding hydrogens is 352 g/mol. The standard InChI is InChI=1S/C20H30O7/c1-10(2)5-14(22)26-12-7-19(8-21)13(6-11(12)3)27-17-15(23)16(24)18(19,4)20(17)9-25-20/h6,10,12-13,15-17,21,23-24H,5,7-9H2,1-4H3/t12-,13-,15-,16-,17-,18-,19-,20?/m0/s1. The van der Waals surface area contributed by atoms with Crippen molar-refractivity contribution in [2.45, 2.75) is 76.7 Å². The van der Waals surface area contributed by atoms with Crippen LogP contribution in [-0.4, -0.2) is 70.6 Å². The lowest BCUT2D eigenvalue weighted by atomic mass is 9.51. The van der Waals surface area contributed by atoms with Gasteiger partial charge in [-0.1, -0.05) is 26.8 Å². The van der Waals surface area contributed by atoms with Gasteiger partial charge in [0.1, 0.15) is 23.9 Å². The van der Waals surface area contributed by atoms with Gasteiger partial charge in [-0.2, -0.15) is 0 Å². The molecule has 0 amide bonds. The summed E-state index contributed by atoms with van der Waals surface area (Å²) in [7, 11) is 0. The molecule has 1 spiro atoms. The monoisotopic (exact) mass is 382 g/mol. The third-order valence-corrected chi connectivity index (χ3v) is 7.49. The Morgan fingerprint density at radius 1 is 1.41 bits per heavy atom. The maximum Gasteiger partial charge on any atom is 0.306 e. The molecule has 3 N–H and O–H groups in total. The Labute approximate surface area is 159 Å². The predicted octanol–water partition coefficient (Wildman–Crippen LogP) is 0.551. The van der Waals surface area contributed by atoms with E-state index in [9.17, 15) is 20.1 Å². The summed E-state index contributed by atoms with van der Waals surface area (Å²) in [6, 6.07) is 0. The second kappa shape index (κ2) is 6.00. The Morgan fingerprint density at radius 3 is 2.63 bits per heavy atom. The Kier molecular flexibility index (Phi) is 4.30. The highest BCUT2D eigenvalue weighted by molar-refractivity contribution is 5.70. The van der Waals surface area contributed by atoms with Crippen LogP contribution in [0.3, 0.4) is 0 Å². The number of hydrogen-bond donors (Lipinski definition) is 3. The van der Waals surface area contributed by atoms with E-state index in [-0.39, 0.29) is 18.5 Å². The van der Waals surface area contributed by atoms with Crippen molar-refractivity contribution >= 4 is 5.97 Å². The minimum absolute atomic E-state index is 0.191. The third-order valence-electron chi connectivity index (χ3n) is 7.49. The second-order valence-electron chi connectivity index (χ2n) is 9.30. The fourth-order valence-corrected chi connectivity index (χ4v) is 5.72. The number of carbonyl (C=O) groups excluding carboxylic acids is 1. The zero-order valence-corrected chi connectivity index (χ0v) is 16.3. The molecular formula is C20H30O7. The minimum Gasteiger partial charge on any atom is -0.458 e. The van der Waals surface area contributed by atoms with Gasteiger partial charge in [0.15, 0.2) is 0 Å². The number of esters is 1. The summed E-state index contributed by atoms with van der Waals surface area (Å²) in [5.74, 6) is -0.0883.